The Bertz CT molecular complexity index is 1700. The molecular formula is C31H24F2N4O4. The summed E-state index contributed by atoms with van der Waals surface area (Å²) >= 11 is 0. The zero-order valence-electron chi connectivity index (χ0n) is 21.7. The number of aromatic hydroxyl groups is 1. The van der Waals surface area contributed by atoms with Crippen LogP contribution in [0.3, 0.4) is 0 Å². The second kappa shape index (κ2) is 11.3. The SMILES string of the molecule is CC(=O)Nc1ccc(CNc2ccc3c(c2)N/C(=C(\C(=O)c2cccc(O)c2)C(=O)c2cc(F)cc(F)c2)N3)cc1. The van der Waals surface area contributed by atoms with Crippen molar-refractivity contribution in [2.24, 2.45) is 0 Å². The highest BCUT2D eigenvalue weighted by atomic mass is 19.1. The summed E-state index contributed by atoms with van der Waals surface area (Å²) in [6.07, 6.45) is 0. The number of Topliss-reactive ketones (excluding diaryl/α,β-unsaturated/α-hetero) is 2. The lowest BCUT2D eigenvalue weighted by atomic mass is 9.95. The number of carbonyl (C=O) groups excluding carboxylic acids is 3. The fourth-order valence-corrected chi connectivity index (χ4v) is 4.36. The molecule has 0 saturated carbocycles. The van der Waals surface area contributed by atoms with Crippen LogP contribution in [0.25, 0.3) is 0 Å². The Morgan fingerprint density at radius 3 is 2.10 bits per heavy atom. The molecule has 0 atom stereocenters. The van der Waals surface area contributed by atoms with Crippen molar-refractivity contribution in [1.82, 2.24) is 0 Å². The first-order valence-corrected chi connectivity index (χ1v) is 12.5. The van der Waals surface area contributed by atoms with Gasteiger partial charge in [0.1, 0.15) is 28.8 Å². The number of rotatable bonds is 8. The van der Waals surface area contributed by atoms with Gasteiger partial charge in [-0.15, -0.1) is 0 Å². The fraction of sp³-hybridized carbons (Fsp3) is 0.0645. The molecule has 1 aliphatic heterocycles. The predicted octanol–water partition coefficient (Wildman–Crippen LogP) is 6.06. The van der Waals surface area contributed by atoms with E-state index < -0.39 is 23.2 Å². The van der Waals surface area contributed by atoms with Gasteiger partial charge in [0.15, 0.2) is 0 Å². The normalized spacial score (nSPS) is 13.0. The molecule has 8 nitrogen and oxygen atoms in total. The third kappa shape index (κ3) is 6.22. The molecule has 5 rings (SSSR count). The summed E-state index contributed by atoms with van der Waals surface area (Å²) in [5.41, 5.74) is 2.83. The van der Waals surface area contributed by atoms with Gasteiger partial charge in [-0.3, -0.25) is 14.4 Å². The van der Waals surface area contributed by atoms with Crippen LogP contribution < -0.4 is 21.3 Å². The molecule has 4 aromatic rings. The van der Waals surface area contributed by atoms with Gasteiger partial charge < -0.3 is 26.4 Å². The Kier molecular flexibility index (Phi) is 7.47. The summed E-state index contributed by atoms with van der Waals surface area (Å²) in [5, 5.41) is 22.0. The van der Waals surface area contributed by atoms with Gasteiger partial charge in [0, 0.05) is 42.0 Å². The minimum absolute atomic E-state index is 0.0177. The van der Waals surface area contributed by atoms with Crippen LogP contribution in [0.1, 0.15) is 33.2 Å². The largest absolute Gasteiger partial charge is 0.508 e. The van der Waals surface area contributed by atoms with E-state index in [1.165, 1.54) is 31.2 Å². The lowest BCUT2D eigenvalue weighted by Gasteiger charge is -2.11. The summed E-state index contributed by atoms with van der Waals surface area (Å²) in [7, 11) is 0. The predicted molar refractivity (Wildman–Crippen MR) is 152 cm³/mol. The maximum absolute atomic E-state index is 13.9. The third-order valence-corrected chi connectivity index (χ3v) is 6.25. The van der Waals surface area contributed by atoms with Gasteiger partial charge in [0.25, 0.3) is 0 Å². The molecule has 0 radical (unpaired) electrons. The van der Waals surface area contributed by atoms with Gasteiger partial charge >= 0.3 is 0 Å². The standard InChI is InChI=1S/C31H24F2N4O4/c1-17(38)35-23-7-5-18(6-8-23)16-34-24-9-10-26-27(15-24)37-31(36-26)28(29(40)19-3-2-4-25(39)13-19)30(41)20-11-21(32)14-22(33)12-20/h2-15,34,36-37,39H,16H2,1H3,(H,35,38)/b31-28+. The summed E-state index contributed by atoms with van der Waals surface area (Å²) in [5.74, 6) is -3.87. The van der Waals surface area contributed by atoms with E-state index in [1.807, 2.05) is 18.2 Å². The molecule has 1 amide bonds. The molecule has 0 saturated heterocycles. The Hall–Kier alpha value is -5.51. The smallest absolute Gasteiger partial charge is 0.221 e. The Morgan fingerprint density at radius 2 is 1.41 bits per heavy atom. The minimum atomic E-state index is -0.960. The molecule has 1 heterocycles. The molecule has 0 aromatic heterocycles. The van der Waals surface area contributed by atoms with Crippen LogP contribution in [0.2, 0.25) is 0 Å². The number of halogens is 2. The van der Waals surface area contributed by atoms with E-state index >= 15 is 0 Å². The maximum Gasteiger partial charge on any atom is 0.221 e. The lowest BCUT2D eigenvalue weighted by Crippen LogP contribution is -2.21. The third-order valence-electron chi connectivity index (χ3n) is 6.25. The molecule has 0 fully saturated rings. The van der Waals surface area contributed by atoms with Crippen LogP contribution in [0.5, 0.6) is 5.75 Å². The summed E-state index contributed by atoms with van der Waals surface area (Å²) in [4.78, 5) is 38.3. The van der Waals surface area contributed by atoms with Gasteiger partial charge in [-0.1, -0.05) is 24.3 Å². The zero-order valence-corrected chi connectivity index (χ0v) is 21.7. The number of anilines is 4. The van der Waals surface area contributed by atoms with E-state index in [0.29, 0.717) is 29.7 Å². The lowest BCUT2D eigenvalue weighted by molar-refractivity contribution is -0.114. The number of phenols is 1. The molecule has 41 heavy (non-hydrogen) atoms. The van der Waals surface area contributed by atoms with Crippen molar-refractivity contribution >= 4 is 40.2 Å². The molecular weight excluding hydrogens is 530 g/mol. The molecule has 5 N–H and O–H groups in total. The van der Waals surface area contributed by atoms with E-state index in [9.17, 15) is 28.3 Å². The van der Waals surface area contributed by atoms with Crippen LogP contribution in [-0.2, 0) is 11.3 Å². The van der Waals surface area contributed by atoms with E-state index in [0.717, 1.165) is 23.4 Å². The highest BCUT2D eigenvalue weighted by molar-refractivity contribution is 6.32. The monoisotopic (exact) mass is 554 g/mol. The van der Waals surface area contributed by atoms with Crippen molar-refractivity contribution in [3.63, 3.8) is 0 Å². The number of hydrogen-bond acceptors (Lipinski definition) is 7. The number of amides is 1. The van der Waals surface area contributed by atoms with Crippen LogP contribution in [0.15, 0.2) is 96.3 Å². The van der Waals surface area contributed by atoms with E-state index in [4.69, 9.17) is 0 Å². The van der Waals surface area contributed by atoms with Crippen LogP contribution in [-0.4, -0.2) is 22.6 Å². The molecule has 4 aromatic carbocycles. The molecule has 0 bridgehead atoms. The van der Waals surface area contributed by atoms with Gasteiger partial charge in [0.05, 0.1) is 11.4 Å². The summed E-state index contributed by atoms with van der Waals surface area (Å²) in [6.45, 7) is 1.93. The number of benzene rings is 4. The van der Waals surface area contributed by atoms with Gasteiger partial charge in [-0.25, -0.2) is 8.78 Å². The second-order valence-electron chi connectivity index (χ2n) is 9.36. The Morgan fingerprint density at radius 1 is 0.756 bits per heavy atom. The van der Waals surface area contributed by atoms with E-state index in [2.05, 4.69) is 21.3 Å². The van der Waals surface area contributed by atoms with Crippen molar-refractivity contribution < 1.29 is 28.3 Å². The molecule has 0 aliphatic carbocycles. The van der Waals surface area contributed by atoms with Crippen molar-refractivity contribution in [2.75, 3.05) is 21.3 Å². The highest BCUT2D eigenvalue weighted by Crippen LogP contribution is 2.35. The van der Waals surface area contributed by atoms with Gasteiger partial charge in [-0.2, -0.15) is 0 Å². The maximum atomic E-state index is 13.9. The Balaban J connectivity index is 1.42. The number of allylic oxidation sites excluding steroid dienone is 1. The zero-order chi connectivity index (χ0) is 29.1. The Labute approximate surface area is 233 Å². The topological polar surface area (TPSA) is 120 Å². The van der Waals surface area contributed by atoms with Crippen molar-refractivity contribution in [2.45, 2.75) is 13.5 Å². The van der Waals surface area contributed by atoms with Crippen LogP contribution >= 0.6 is 0 Å². The molecule has 10 heteroatoms. The number of nitrogens with one attached hydrogen (secondary N) is 4. The number of phenolic OH excluding ortho intramolecular Hbond substituents is 1. The minimum Gasteiger partial charge on any atom is -0.508 e. The first-order chi connectivity index (χ1) is 19.7. The number of fused-ring (bicyclic) bond motifs is 1. The van der Waals surface area contributed by atoms with Crippen molar-refractivity contribution in [1.29, 1.82) is 0 Å². The average Bonchev–Trinajstić information content (AvgIpc) is 3.34. The van der Waals surface area contributed by atoms with E-state index in [1.54, 1.807) is 24.3 Å². The quantitative estimate of drug-likeness (QED) is 0.0778. The first-order valence-electron chi connectivity index (χ1n) is 12.5. The molecule has 1 aliphatic rings. The average molecular weight is 555 g/mol. The van der Waals surface area contributed by atoms with Crippen LogP contribution in [0.4, 0.5) is 31.5 Å². The van der Waals surface area contributed by atoms with Crippen molar-refractivity contribution in [3.05, 3.63) is 125 Å². The number of carbonyl (C=O) groups is 3. The van der Waals surface area contributed by atoms with Crippen molar-refractivity contribution in [3.8, 4) is 5.75 Å². The van der Waals surface area contributed by atoms with Crippen LogP contribution in [0, 0.1) is 11.6 Å². The second-order valence-corrected chi connectivity index (χ2v) is 9.36. The van der Waals surface area contributed by atoms with E-state index in [-0.39, 0.29) is 34.2 Å². The summed E-state index contributed by atoms with van der Waals surface area (Å²) in [6, 6.07) is 20.5. The number of hydrogen-bond donors (Lipinski definition) is 5. The fourth-order valence-electron chi connectivity index (χ4n) is 4.36. The highest BCUT2D eigenvalue weighted by Gasteiger charge is 2.30. The molecule has 206 valence electrons. The molecule has 0 spiro atoms. The molecule has 0 unspecified atom stereocenters. The summed E-state index contributed by atoms with van der Waals surface area (Å²) < 4.78 is 27.9. The van der Waals surface area contributed by atoms with Gasteiger partial charge in [-0.05, 0) is 60.2 Å². The number of ketones is 2. The first kappa shape index (κ1) is 27.1. The van der Waals surface area contributed by atoms with Gasteiger partial charge in [0.2, 0.25) is 17.5 Å².